The summed E-state index contributed by atoms with van der Waals surface area (Å²) in [5.74, 6) is -0.294. The van der Waals surface area contributed by atoms with E-state index in [1.54, 1.807) is 6.92 Å². The van der Waals surface area contributed by atoms with Gasteiger partial charge in [0, 0.05) is 51.7 Å². The van der Waals surface area contributed by atoms with Crippen LogP contribution in [0, 0.1) is 5.92 Å². The second-order valence-corrected chi connectivity index (χ2v) is 4.71. The average molecular weight is 325 g/mol. The second kappa shape index (κ2) is 6.95. The first-order valence-corrected chi connectivity index (χ1v) is 6.02. The van der Waals surface area contributed by atoms with Gasteiger partial charge in [0.1, 0.15) is 20.1 Å². The first-order valence-electron chi connectivity index (χ1n) is 4.49. The molecule has 1 aliphatic heterocycles. The Kier molecular flexibility index (Phi) is 7.47. The van der Waals surface area contributed by atoms with Crippen LogP contribution in [-0.2, 0) is 51.3 Å². The van der Waals surface area contributed by atoms with E-state index < -0.39 is 26.0 Å². The minimum absolute atomic E-state index is 0. The molecule has 1 heterocycles. The number of phosphoric ester groups is 1. The van der Waals surface area contributed by atoms with Crippen LogP contribution in [-0.4, -0.2) is 49.6 Å². The Bertz CT molecular complexity index is 261. The van der Waals surface area contributed by atoms with Crippen molar-refractivity contribution in [2.45, 2.75) is 25.1 Å². The van der Waals surface area contributed by atoms with Gasteiger partial charge in [0.15, 0.2) is 0 Å². The van der Waals surface area contributed by atoms with Crippen LogP contribution in [0.25, 0.3) is 0 Å². The molecule has 1 aliphatic rings. The van der Waals surface area contributed by atoms with Gasteiger partial charge in [-0.1, -0.05) is 6.92 Å². The fourth-order valence-electron chi connectivity index (χ4n) is 1.55. The third kappa shape index (κ3) is 4.83. The van der Waals surface area contributed by atoms with Crippen molar-refractivity contribution in [3.63, 3.8) is 0 Å². The normalized spacial score (nSPS) is 34.8. The van der Waals surface area contributed by atoms with Crippen molar-refractivity contribution in [2.24, 2.45) is 5.92 Å². The summed E-state index contributed by atoms with van der Waals surface area (Å²) < 4.78 is 25.5. The van der Waals surface area contributed by atoms with Crippen LogP contribution in [0.2, 0.25) is 0 Å². The quantitative estimate of drug-likeness (QED) is 0.542. The summed E-state index contributed by atoms with van der Waals surface area (Å²) in [6, 6.07) is -0.596. The maximum atomic E-state index is 10.7. The monoisotopic (exact) mass is 325 g/mol. The number of ether oxygens (including phenoxy) is 2. The Morgan fingerprint density at radius 2 is 2.06 bits per heavy atom. The largest absolute Gasteiger partial charge is 0.469 e. The average Bonchev–Trinajstić information content (AvgIpc) is 2.32. The second-order valence-electron chi connectivity index (χ2n) is 3.51. The summed E-state index contributed by atoms with van der Waals surface area (Å²) in [5, 5.41) is 0. The van der Waals surface area contributed by atoms with Crippen molar-refractivity contribution in [1.29, 1.82) is 0 Å². The molecule has 3 radical (unpaired) electrons. The van der Waals surface area contributed by atoms with Crippen LogP contribution < -0.4 is 0 Å². The van der Waals surface area contributed by atoms with E-state index in [-0.39, 0.29) is 45.2 Å². The summed E-state index contributed by atoms with van der Waals surface area (Å²) in [4.78, 5) is 17.4. The number of rotatable bonds is 4. The Labute approximate surface area is 121 Å². The summed E-state index contributed by atoms with van der Waals surface area (Å²) in [6.45, 7) is 1.89. The Morgan fingerprint density at radius 1 is 1.50 bits per heavy atom. The molecule has 1 saturated heterocycles. The van der Waals surface area contributed by atoms with Crippen molar-refractivity contribution >= 4 is 15.7 Å². The molecule has 2 N–H and O–H groups in total. The molecule has 16 heavy (non-hydrogen) atoms. The van der Waals surface area contributed by atoms with Crippen LogP contribution in [0.3, 0.4) is 0 Å². The third-order valence-electron chi connectivity index (χ3n) is 2.32. The van der Waals surface area contributed by atoms with Gasteiger partial charge in [0.2, 0.25) is 0 Å². The fraction of sp³-hybridized carbons (Fsp3) is 1.00. The Balaban J connectivity index is 0.00000225. The first-order chi connectivity index (χ1) is 6.85. The summed E-state index contributed by atoms with van der Waals surface area (Å²) in [6.07, 6.45) is -1.30. The Morgan fingerprint density at radius 3 is 2.50 bits per heavy atom. The maximum absolute atomic E-state index is 10.7. The molecule has 0 saturated carbocycles. The van der Waals surface area contributed by atoms with E-state index in [0.717, 1.165) is 0 Å². The van der Waals surface area contributed by atoms with Crippen molar-refractivity contribution in [3.05, 3.63) is 0 Å². The van der Waals surface area contributed by atoms with Crippen molar-refractivity contribution in [3.8, 4) is 0 Å². The first kappa shape index (κ1) is 17.2. The van der Waals surface area contributed by atoms with Gasteiger partial charge < -0.3 is 19.3 Å². The van der Waals surface area contributed by atoms with E-state index in [9.17, 15) is 4.57 Å². The molecule has 0 aliphatic carbocycles. The van der Waals surface area contributed by atoms with E-state index in [0.29, 0.717) is 0 Å². The number of hydrogen-bond acceptors (Lipinski definition) is 4. The molecule has 0 spiro atoms. The standard InChI is InChI=1S/C7H14BO6P.Y/c1-4-6(14-15(9,10)11)5(3-12-2)13-7(4)8;/h4-7H,3H2,1-2H3,(H2,9,10,11);. The van der Waals surface area contributed by atoms with E-state index in [2.05, 4.69) is 4.52 Å². The van der Waals surface area contributed by atoms with Gasteiger partial charge in [0.25, 0.3) is 0 Å². The zero-order chi connectivity index (χ0) is 11.6. The minimum Gasteiger partial charge on any atom is -0.382 e. The molecule has 0 bridgehead atoms. The number of hydrogen-bond donors (Lipinski definition) is 2. The SMILES string of the molecule is [B]C1OC(COC)C(OP(=O)(O)O)C1C.[Y]. The smallest absolute Gasteiger partial charge is 0.382 e. The van der Waals surface area contributed by atoms with Crippen LogP contribution >= 0.6 is 7.82 Å². The van der Waals surface area contributed by atoms with Gasteiger partial charge in [-0.15, -0.1) is 0 Å². The molecule has 9 heteroatoms. The van der Waals surface area contributed by atoms with E-state index >= 15 is 0 Å². The van der Waals surface area contributed by atoms with Crippen LogP contribution in [0.15, 0.2) is 0 Å². The molecule has 4 atom stereocenters. The molecular formula is C7H14BO6PY. The predicted octanol–water partition coefficient (Wildman–Crippen LogP) is -0.362. The summed E-state index contributed by atoms with van der Waals surface area (Å²) in [7, 11) is 2.53. The molecule has 1 fully saturated rings. The van der Waals surface area contributed by atoms with Gasteiger partial charge in [-0.05, 0) is 0 Å². The number of phosphoric acid groups is 1. The van der Waals surface area contributed by atoms with Gasteiger partial charge >= 0.3 is 7.82 Å². The summed E-state index contributed by atoms with van der Waals surface area (Å²) in [5.41, 5.74) is 0. The molecule has 0 aromatic carbocycles. The van der Waals surface area contributed by atoms with Crippen molar-refractivity contribution in [2.75, 3.05) is 13.7 Å². The van der Waals surface area contributed by atoms with Gasteiger partial charge in [-0.25, -0.2) is 4.57 Å². The van der Waals surface area contributed by atoms with E-state index in [1.165, 1.54) is 7.11 Å². The zero-order valence-electron chi connectivity index (χ0n) is 9.15. The molecule has 1 rings (SSSR count). The minimum atomic E-state index is -4.53. The fourth-order valence-corrected chi connectivity index (χ4v) is 2.19. The molecule has 6 nitrogen and oxygen atoms in total. The molecule has 89 valence electrons. The molecule has 4 unspecified atom stereocenters. The van der Waals surface area contributed by atoms with Gasteiger partial charge in [-0.2, -0.15) is 0 Å². The maximum Gasteiger partial charge on any atom is 0.469 e. The van der Waals surface area contributed by atoms with Crippen molar-refractivity contribution in [1.82, 2.24) is 0 Å². The van der Waals surface area contributed by atoms with Crippen LogP contribution in [0.5, 0.6) is 0 Å². The third-order valence-corrected chi connectivity index (χ3v) is 2.84. The molecule has 0 aromatic rings. The number of methoxy groups -OCH3 is 1. The topological polar surface area (TPSA) is 85.2 Å². The van der Waals surface area contributed by atoms with E-state index in [4.69, 9.17) is 27.1 Å². The zero-order valence-corrected chi connectivity index (χ0v) is 12.9. The van der Waals surface area contributed by atoms with Gasteiger partial charge in [-0.3, -0.25) is 4.52 Å². The van der Waals surface area contributed by atoms with Crippen LogP contribution in [0.1, 0.15) is 6.92 Å². The van der Waals surface area contributed by atoms with Gasteiger partial charge in [0.05, 0.1) is 6.61 Å². The van der Waals surface area contributed by atoms with Crippen molar-refractivity contribution < 1.29 is 61.1 Å². The summed E-state index contributed by atoms with van der Waals surface area (Å²) >= 11 is 0. The van der Waals surface area contributed by atoms with E-state index in [1.807, 2.05) is 0 Å². The Hall–Kier alpha value is 1.20. The molecule has 0 aromatic heterocycles. The molecular weight excluding hydrogens is 311 g/mol. The predicted molar refractivity (Wildman–Crippen MR) is 52.4 cm³/mol. The van der Waals surface area contributed by atoms with Crippen LogP contribution in [0.4, 0.5) is 0 Å². The molecule has 0 amide bonds.